The molecule has 1 fully saturated rings. The Labute approximate surface area is 545 Å². The molecule has 37 heteroatoms. The van der Waals surface area contributed by atoms with Gasteiger partial charge in [-0.15, -0.1) is 11.6 Å². The number of esters is 1. The monoisotopic (exact) mass is 1360 g/mol. The number of nitrogens with one attached hydrogen (secondary N) is 10. The molecule has 1 saturated heterocycles. The maximum atomic E-state index is 14.5. The number of aliphatic carboxylic acids is 2. The van der Waals surface area contributed by atoms with E-state index in [0.717, 1.165) is 64.9 Å². The number of hydrogen-bond donors (Lipinski definition) is 18. The van der Waals surface area contributed by atoms with Gasteiger partial charge in [0.15, 0.2) is 30.3 Å². The van der Waals surface area contributed by atoms with Crippen molar-refractivity contribution in [3.63, 3.8) is 0 Å². The number of unbranched alkanes of at least 4 members (excludes halogenated alkanes) is 9. The summed E-state index contributed by atoms with van der Waals surface area (Å²) >= 11 is 5.89. The molecule has 2 rings (SSSR count). The maximum absolute atomic E-state index is 14.5. The predicted octanol–water partition coefficient (Wildman–Crippen LogP) is -4.34. The molecule has 1 aromatic rings. The number of aliphatic hydroxyl groups excluding tert-OH is 4. The first-order valence-electron chi connectivity index (χ1n) is 30.7. The van der Waals surface area contributed by atoms with E-state index in [-0.39, 0.29) is 56.7 Å². The second-order valence-corrected chi connectivity index (χ2v) is 22.3. The van der Waals surface area contributed by atoms with E-state index in [1.54, 1.807) is 0 Å². The number of rotatable bonds is 31. The minimum absolute atomic E-state index is 0.0404. The smallest absolute Gasteiger partial charge is 0.481 e. The summed E-state index contributed by atoms with van der Waals surface area (Å²) in [5.74, 6) is -20.0. The summed E-state index contributed by atoms with van der Waals surface area (Å²) in [6.45, 7) is 2.77. The van der Waals surface area contributed by atoms with Crippen molar-refractivity contribution in [2.75, 3.05) is 32.1 Å². The van der Waals surface area contributed by atoms with E-state index < -0.39 is 206 Å². The van der Waals surface area contributed by atoms with Crippen LogP contribution in [0.5, 0.6) is 0 Å². The quantitative estimate of drug-likeness (QED) is 0.0145. The maximum Gasteiger partial charge on any atom is 0.519 e. The standard InChI is InChI=1S/C57H91ClN12O24/c1-5-7-8-9-10-11-12-13-14-17-31(72)24-40(74)62-37-27-91-55(88)43(38(73)26-58)69-53(85)44(45(77)54(86)87)70-46(78)32(6-2)63-52(84)42(29(3)71)68-49(81)34(19-22-60)65-47(79)33(18-15-16-21-59)64-50(82)36(25-41(75)76)67-48(80)35(66-51(37)83)20-23-61-56(89)92-28-39-30(4)93-57(90)94-39/h6,29,31,33-38,42-45,71-73,77H,5,7-28,59-60H2,1-4H3,(H,61,89)(H,62,74)(H,63,84)(H,64,82)(H,65,79)(H,66,83)(H,67,80)(H,68,81)(H,69,85)(H,70,78)(H,75,76)(H,86,87)/b32-6-/t29-,31+,33-,34-,35+,36-,37-,38+,42-,43-,44-,45-/m0/s1. The van der Waals surface area contributed by atoms with Gasteiger partial charge in [0.25, 0.3) is 5.91 Å². The summed E-state index contributed by atoms with van der Waals surface area (Å²) in [5, 5.41) is 84.9. The highest BCUT2D eigenvalue weighted by Crippen LogP contribution is 2.15. The Balaban J connectivity index is 2.88. The van der Waals surface area contributed by atoms with Crippen LogP contribution in [0.2, 0.25) is 0 Å². The summed E-state index contributed by atoms with van der Waals surface area (Å²) in [5.41, 5.74) is 10.7. The number of nitrogens with two attached hydrogens (primary N) is 2. The van der Waals surface area contributed by atoms with Crippen LogP contribution in [-0.2, 0) is 73.6 Å². The molecule has 36 nitrogen and oxygen atoms in total. The second kappa shape index (κ2) is 43.6. The number of alkyl carbamates (subject to hydrolysis) is 1. The molecule has 0 radical (unpaired) electrons. The van der Waals surface area contributed by atoms with Crippen LogP contribution in [0.15, 0.2) is 25.4 Å². The van der Waals surface area contributed by atoms with Crippen LogP contribution < -0.4 is 70.5 Å². The average Bonchev–Trinajstić information content (AvgIpc) is 1.14. The predicted molar refractivity (Wildman–Crippen MR) is 326 cm³/mol. The number of amides is 10. The number of aliphatic hydroxyl groups is 4. The molecule has 20 N–H and O–H groups in total. The zero-order valence-corrected chi connectivity index (χ0v) is 53.6. The number of carbonyl (C=O) groups excluding carboxylic acids is 11. The lowest BCUT2D eigenvalue weighted by Gasteiger charge is -2.28. The van der Waals surface area contributed by atoms with E-state index >= 15 is 0 Å². The van der Waals surface area contributed by atoms with E-state index in [9.17, 15) is 97.8 Å². The van der Waals surface area contributed by atoms with Crippen LogP contribution >= 0.6 is 11.6 Å². The van der Waals surface area contributed by atoms with Crippen LogP contribution in [-0.4, -0.2) is 213 Å². The first kappa shape index (κ1) is 81.8. The highest BCUT2D eigenvalue weighted by atomic mass is 35.5. The van der Waals surface area contributed by atoms with E-state index in [2.05, 4.69) is 49.5 Å². The molecule has 10 amide bonds. The van der Waals surface area contributed by atoms with Gasteiger partial charge in [-0.2, -0.15) is 0 Å². The number of hydrogen-bond acceptors (Lipinski definition) is 24. The number of ether oxygens (including phenoxy) is 2. The average molecular weight is 1360 g/mol. The minimum Gasteiger partial charge on any atom is -0.481 e. The number of carboxylic acids is 2. The SMILES string of the molecule is C/C=C1\NC(=O)[C@H]([C@H](C)O)NC(=O)[C@H](CCN)NC(=O)[C@H](CCCCN)NC(=O)[C@H](CC(=O)O)NC(=O)[C@@H](CCNC(=O)OCc2oc(=O)oc2C)NC(=O)[C@@H](NC(=O)C[C@H](O)CCCCCCCCCCC)COC(=O)[C@H]([C@H](O)CCl)NC(=O)[C@H]([C@H](O)C(=O)O)NC1=O. The summed E-state index contributed by atoms with van der Waals surface area (Å²) in [6.07, 6.45) is -2.91. The molecule has 1 aromatic heterocycles. The Morgan fingerprint density at radius 2 is 1.23 bits per heavy atom. The summed E-state index contributed by atoms with van der Waals surface area (Å²) < 4.78 is 19.9. The summed E-state index contributed by atoms with van der Waals surface area (Å²) in [4.78, 5) is 189. The van der Waals surface area contributed by atoms with Crippen molar-refractivity contribution in [2.45, 2.75) is 216 Å². The van der Waals surface area contributed by atoms with Gasteiger partial charge in [0, 0.05) is 6.54 Å². The third-order valence-corrected chi connectivity index (χ3v) is 14.7. The number of alkyl halides is 1. The van der Waals surface area contributed by atoms with Crippen LogP contribution in [0.4, 0.5) is 4.79 Å². The first-order valence-corrected chi connectivity index (χ1v) is 31.2. The molecule has 12 atom stereocenters. The number of halogens is 1. The lowest BCUT2D eigenvalue weighted by Crippen LogP contribution is -2.62. The zero-order valence-electron chi connectivity index (χ0n) is 52.8. The Morgan fingerprint density at radius 1 is 0.670 bits per heavy atom. The molecular formula is C57H91ClN12O24. The van der Waals surface area contributed by atoms with E-state index in [1.807, 2.05) is 10.6 Å². The lowest BCUT2D eigenvalue weighted by molar-refractivity contribution is -0.155. The molecule has 2 heterocycles. The van der Waals surface area contributed by atoms with Crippen LogP contribution in [0.25, 0.3) is 0 Å². The third kappa shape index (κ3) is 29.8. The van der Waals surface area contributed by atoms with Crippen molar-refractivity contribution >= 4 is 88.8 Å². The van der Waals surface area contributed by atoms with Gasteiger partial charge >= 0.3 is 29.8 Å². The number of carbonyl (C=O) groups is 13. The fourth-order valence-corrected chi connectivity index (χ4v) is 9.25. The van der Waals surface area contributed by atoms with E-state index in [0.29, 0.717) is 12.8 Å². The van der Waals surface area contributed by atoms with Crippen molar-refractivity contribution < 1.29 is 111 Å². The second-order valence-electron chi connectivity index (χ2n) is 22.0. The number of aryl methyl sites for hydroxylation is 1. The normalized spacial score (nSPS) is 22.9. The Morgan fingerprint density at radius 3 is 1.79 bits per heavy atom. The minimum atomic E-state index is -2.88. The van der Waals surface area contributed by atoms with Gasteiger partial charge in [-0.25, -0.2) is 19.2 Å². The van der Waals surface area contributed by atoms with Crippen LogP contribution in [0.3, 0.4) is 0 Å². The first-order chi connectivity index (χ1) is 44.5. The largest absolute Gasteiger partial charge is 0.519 e. The van der Waals surface area contributed by atoms with Gasteiger partial charge < -0.3 is 114 Å². The lowest BCUT2D eigenvalue weighted by atomic mass is 10.0. The van der Waals surface area contributed by atoms with Crippen molar-refractivity contribution in [3.8, 4) is 0 Å². The molecule has 1 aliphatic heterocycles. The van der Waals surface area contributed by atoms with E-state index in [1.165, 1.54) is 6.92 Å². The molecule has 94 heavy (non-hydrogen) atoms. The molecule has 0 bridgehead atoms. The van der Waals surface area contributed by atoms with Crippen molar-refractivity contribution in [3.05, 3.63) is 33.9 Å². The molecule has 530 valence electrons. The number of carboxylic acid groups (broad SMARTS) is 2. The fraction of sp³-hybridized carbons (Fsp3) is 0.684. The molecule has 0 spiro atoms. The van der Waals surface area contributed by atoms with E-state index in [4.69, 9.17) is 41.4 Å². The van der Waals surface area contributed by atoms with Gasteiger partial charge in [-0.05, 0) is 72.4 Å². The Kier molecular flexibility index (Phi) is 37.9. The summed E-state index contributed by atoms with van der Waals surface area (Å²) in [6, 6.07) is -16.7. The number of allylic oxidation sites excluding steroid dienone is 1. The van der Waals surface area contributed by atoms with Crippen molar-refractivity contribution in [2.24, 2.45) is 11.5 Å². The van der Waals surface area contributed by atoms with Crippen molar-refractivity contribution in [1.29, 1.82) is 0 Å². The Bertz CT molecular complexity index is 2800. The fourth-order valence-electron chi connectivity index (χ4n) is 9.07. The highest BCUT2D eigenvalue weighted by molar-refractivity contribution is 6.18. The van der Waals surface area contributed by atoms with Gasteiger partial charge in [-0.1, -0.05) is 70.8 Å². The van der Waals surface area contributed by atoms with Crippen LogP contribution in [0, 0.1) is 6.92 Å². The third-order valence-electron chi connectivity index (χ3n) is 14.4. The number of cyclic esters (lactones) is 1. The van der Waals surface area contributed by atoms with Gasteiger partial charge in [0.05, 0.1) is 37.0 Å². The molecule has 0 saturated carbocycles. The zero-order chi connectivity index (χ0) is 70.6. The molecular weight excluding hydrogens is 1270 g/mol. The molecule has 0 unspecified atom stereocenters. The van der Waals surface area contributed by atoms with Crippen LogP contribution in [0.1, 0.15) is 141 Å². The van der Waals surface area contributed by atoms with Gasteiger partial charge in [0.1, 0.15) is 54.6 Å². The van der Waals surface area contributed by atoms with Crippen molar-refractivity contribution in [1.82, 2.24) is 53.2 Å². The Hall–Kier alpha value is -8.29. The molecule has 0 aliphatic carbocycles. The summed E-state index contributed by atoms with van der Waals surface area (Å²) in [7, 11) is 0. The molecule has 0 aromatic carbocycles. The topological polar surface area (TPSA) is 577 Å². The highest BCUT2D eigenvalue weighted by Gasteiger charge is 2.41. The van der Waals surface area contributed by atoms with Gasteiger partial charge in [-0.3, -0.25) is 47.9 Å². The molecule has 1 aliphatic rings. The van der Waals surface area contributed by atoms with Gasteiger partial charge in [0.2, 0.25) is 47.3 Å².